The van der Waals surface area contributed by atoms with Crippen molar-refractivity contribution in [3.63, 3.8) is 0 Å². The molecule has 104 valence electrons. The molecule has 1 aliphatic rings. The van der Waals surface area contributed by atoms with Crippen molar-refractivity contribution < 1.29 is 0 Å². The SMILES string of the molecule is C[C@H](NC1CC(c2ccc(Br)cc2)C1)c1ccncc1. The second-order valence-electron chi connectivity index (χ2n) is 5.59. The number of rotatable bonds is 4. The molecule has 1 aromatic heterocycles. The van der Waals surface area contributed by atoms with Gasteiger partial charge in [-0.1, -0.05) is 28.1 Å². The molecule has 0 spiro atoms. The Hall–Kier alpha value is -1.19. The Balaban J connectivity index is 1.52. The minimum Gasteiger partial charge on any atom is -0.307 e. The van der Waals surface area contributed by atoms with Crippen LogP contribution in [-0.2, 0) is 0 Å². The molecule has 0 saturated heterocycles. The van der Waals surface area contributed by atoms with Gasteiger partial charge in [0.1, 0.15) is 0 Å². The van der Waals surface area contributed by atoms with Gasteiger partial charge in [0.05, 0.1) is 0 Å². The van der Waals surface area contributed by atoms with Crippen LogP contribution in [0, 0.1) is 0 Å². The van der Waals surface area contributed by atoms with E-state index in [0.29, 0.717) is 18.0 Å². The summed E-state index contributed by atoms with van der Waals surface area (Å²) in [6.45, 7) is 2.22. The molecule has 1 aromatic carbocycles. The predicted molar refractivity (Wildman–Crippen MR) is 85.7 cm³/mol. The molecule has 0 amide bonds. The summed E-state index contributed by atoms with van der Waals surface area (Å²) in [5.41, 5.74) is 2.77. The lowest BCUT2D eigenvalue weighted by molar-refractivity contribution is 0.271. The summed E-state index contributed by atoms with van der Waals surface area (Å²) in [7, 11) is 0. The van der Waals surface area contributed by atoms with E-state index in [9.17, 15) is 0 Å². The smallest absolute Gasteiger partial charge is 0.0295 e. The van der Waals surface area contributed by atoms with E-state index in [1.807, 2.05) is 12.4 Å². The molecule has 0 aliphatic heterocycles. The zero-order chi connectivity index (χ0) is 13.9. The van der Waals surface area contributed by atoms with E-state index in [2.05, 4.69) is 69.6 Å². The molecule has 0 radical (unpaired) electrons. The lowest BCUT2D eigenvalue weighted by Crippen LogP contribution is -2.41. The van der Waals surface area contributed by atoms with Crippen molar-refractivity contribution in [3.05, 3.63) is 64.4 Å². The summed E-state index contributed by atoms with van der Waals surface area (Å²) < 4.78 is 1.15. The van der Waals surface area contributed by atoms with Crippen LogP contribution in [0.4, 0.5) is 0 Å². The van der Waals surface area contributed by atoms with E-state index in [0.717, 1.165) is 4.47 Å². The highest BCUT2D eigenvalue weighted by atomic mass is 79.9. The van der Waals surface area contributed by atoms with Crippen LogP contribution < -0.4 is 5.32 Å². The van der Waals surface area contributed by atoms with Crippen molar-refractivity contribution in [2.45, 2.75) is 37.8 Å². The Kier molecular flexibility index (Phi) is 4.18. The Morgan fingerprint density at radius 1 is 1.10 bits per heavy atom. The molecule has 1 atom stereocenters. The van der Waals surface area contributed by atoms with Crippen LogP contribution in [0.15, 0.2) is 53.3 Å². The number of hydrogen-bond donors (Lipinski definition) is 1. The molecule has 1 aliphatic carbocycles. The van der Waals surface area contributed by atoms with Crippen molar-refractivity contribution >= 4 is 15.9 Å². The maximum absolute atomic E-state index is 4.07. The van der Waals surface area contributed by atoms with Crippen LogP contribution in [-0.4, -0.2) is 11.0 Å². The van der Waals surface area contributed by atoms with Gasteiger partial charge in [-0.2, -0.15) is 0 Å². The fourth-order valence-electron chi connectivity index (χ4n) is 2.86. The first-order chi connectivity index (χ1) is 9.72. The Morgan fingerprint density at radius 2 is 1.75 bits per heavy atom. The molecule has 20 heavy (non-hydrogen) atoms. The molecule has 1 heterocycles. The summed E-state index contributed by atoms with van der Waals surface area (Å²) in [6.07, 6.45) is 6.19. The zero-order valence-electron chi connectivity index (χ0n) is 11.6. The third-order valence-corrected chi connectivity index (χ3v) is 4.70. The van der Waals surface area contributed by atoms with Gasteiger partial charge < -0.3 is 5.32 Å². The van der Waals surface area contributed by atoms with Gasteiger partial charge in [0.25, 0.3) is 0 Å². The third-order valence-electron chi connectivity index (χ3n) is 4.17. The van der Waals surface area contributed by atoms with E-state index in [4.69, 9.17) is 0 Å². The van der Waals surface area contributed by atoms with Crippen LogP contribution in [0.5, 0.6) is 0 Å². The third kappa shape index (κ3) is 3.10. The normalized spacial score (nSPS) is 23.1. The number of nitrogens with one attached hydrogen (secondary N) is 1. The number of halogens is 1. The average Bonchev–Trinajstić information content (AvgIpc) is 2.44. The first kappa shape index (κ1) is 13.8. The van der Waals surface area contributed by atoms with Crippen molar-refractivity contribution in [1.29, 1.82) is 0 Å². The van der Waals surface area contributed by atoms with E-state index in [1.54, 1.807) is 0 Å². The van der Waals surface area contributed by atoms with Crippen LogP contribution in [0.25, 0.3) is 0 Å². The zero-order valence-corrected chi connectivity index (χ0v) is 13.2. The van der Waals surface area contributed by atoms with Gasteiger partial charge in [-0.3, -0.25) is 4.98 Å². The van der Waals surface area contributed by atoms with E-state index < -0.39 is 0 Å². The summed E-state index contributed by atoms with van der Waals surface area (Å²) in [6, 6.07) is 13.9. The predicted octanol–water partition coefficient (Wildman–Crippen LogP) is 4.44. The van der Waals surface area contributed by atoms with Crippen LogP contribution >= 0.6 is 15.9 Å². The van der Waals surface area contributed by atoms with Gasteiger partial charge in [-0.25, -0.2) is 0 Å². The Morgan fingerprint density at radius 3 is 2.40 bits per heavy atom. The van der Waals surface area contributed by atoms with Gasteiger partial charge in [0.2, 0.25) is 0 Å². The molecule has 3 rings (SSSR count). The van der Waals surface area contributed by atoms with Crippen LogP contribution in [0.3, 0.4) is 0 Å². The molecule has 3 heteroatoms. The van der Waals surface area contributed by atoms with Crippen molar-refractivity contribution in [2.24, 2.45) is 0 Å². The molecule has 2 nitrogen and oxygen atoms in total. The molecule has 1 N–H and O–H groups in total. The maximum Gasteiger partial charge on any atom is 0.0295 e. The quantitative estimate of drug-likeness (QED) is 0.896. The first-order valence-electron chi connectivity index (χ1n) is 7.14. The second kappa shape index (κ2) is 6.06. The van der Waals surface area contributed by atoms with Gasteiger partial charge in [-0.15, -0.1) is 0 Å². The lowest BCUT2D eigenvalue weighted by atomic mass is 9.75. The molecule has 2 aromatic rings. The standard InChI is InChI=1S/C17H19BrN2/c1-12(13-6-8-19-9-7-13)20-17-10-15(11-17)14-2-4-16(18)5-3-14/h2-9,12,15,17,20H,10-11H2,1H3/t12-,15?,17?/m0/s1. The van der Waals surface area contributed by atoms with E-state index in [1.165, 1.54) is 24.0 Å². The van der Waals surface area contributed by atoms with Crippen molar-refractivity contribution in [1.82, 2.24) is 10.3 Å². The summed E-state index contributed by atoms with van der Waals surface area (Å²) >= 11 is 3.49. The highest BCUT2D eigenvalue weighted by Crippen LogP contribution is 2.38. The Bertz CT molecular complexity index is 547. The number of hydrogen-bond acceptors (Lipinski definition) is 2. The number of benzene rings is 1. The number of nitrogens with zero attached hydrogens (tertiary/aromatic N) is 1. The molecule has 1 fully saturated rings. The van der Waals surface area contributed by atoms with Gasteiger partial charge in [0, 0.05) is 29.0 Å². The number of aromatic nitrogens is 1. The van der Waals surface area contributed by atoms with Crippen molar-refractivity contribution in [2.75, 3.05) is 0 Å². The molecular weight excluding hydrogens is 312 g/mol. The largest absolute Gasteiger partial charge is 0.307 e. The fourth-order valence-corrected chi connectivity index (χ4v) is 3.13. The molecule has 0 unspecified atom stereocenters. The highest BCUT2D eigenvalue weighted by Gasteiger charge is 2.30. The van der Waals surface area contributed by atoms with Crippen molar-refractivity contribution in [3.8, 4) is 0 Å². The monoisotopic (exact) mass is 330 g/mol. The minimum atomic E-state index is 0.397. The number of pyridine rings is 1. The molecule has 1 saturated carbocycles. The molecule has 0 bridgehead atoms. The minimum absolute atomic E-state index is 0.397. The Labute approximate surface area is 128 Å². The molecular formula is C17H19BrN2. The van der Waals surface area contributed by atoms with Gasteiger partial charge in [0.15, 0.2) is 0 Å². The summed E-state index contributed by atoms with van der Waals surface area (Å²) in [5.74, 6) is 0.713. The fraction of sp³-hybridized carbons (Fsp3) is 0.353. The average molecular weight is 331 g/mol. The summed E-state index contributed by atoms with van der Waals surface area (Å²) in [5, 5.41) is 3.71. The van der Waals surface area contributed by atoms with E-state index in [-0.39, 0.29) is 0 Å². The second-order valence-corrected chi connectivity index (χ2v) is 6.50. The maximum atomic E-state index is 4.07. The van der Waals surface area contributed by atoms with E-state index >= 15 is 0 Å². The van der Waals surface area contributed by atoms with Gasteiger partial charge in [-0.05, 0) is 61.1 Å². The summed E-state index contributed by atoms with van der Waals surface area (Å²) in [4.78, 5) is 4.07. The lowest BCUT2D eigenvalue weighted by Gasteiger charge is -2.38. The van der Waals surface area contributed by atoms with Gasteiger partial charge >= 0.3 is 0 Å². The first-order valence-corrected chi connectivity index (χ1v) is 7.93. The van der Waals surface area contributed by atoms with Crippen LogP contribution in [0.2, 0.25) is 0 Å². The highest BCUT2D eigenvalue weighted by molar-refractivity contribution is 9.10. The van der Waals surface area contributed by atoms with Crippen LogP contribution in [0.1, 0.15) is 42.9 Å². The topological polar surface area (TPSA) is 24.9 Å².